The van der Waals surface area contributed by atoms with Gasteiger partial charge in [0.2, 0.25) is 0 Å². The van der Waals surface area contributed by atoms with E-state index in [1.165, 1.54) is 9.40 Å². The summed E-state index contributed by atoms with van der Waals surface area (Å²) in [5.41, 5.74) is 2.14. The third kappa shape index (κ3) is 2.27. The van der Waals surface area contributed by atoms with Crippen molar-refractivity contribution in [2.45, 2.75) is 0 Å². The molecule has 23 heavy (non-hydrogen) atoms. The van der Waals surface area contributed by atoms with Gasteiger partial charge in [-0.1, -0.05) is 46.9 Å². The molecule has 7 heteroatoms. The van der Waals surface area contributed by atoms with E-state index in [-0.39, 0.29) is 0 Å². The van der Waals surface area contributed by atoms with E-state index in [4.69, 9.17) is 9.97 Å². The van der Waals surface area contributed by atoms with Gasteiger partial charge in [-0.3, -0.25) is 0 Å². The number of aromatic nitrogens is 2. The molecule has 1 aliphatic heterocycles. The number of hydrogen-bond donors (Lipinski definition) is 0. The van der Waals surface area contributed by atoms with Gasteiger partial charge in [0.25, 0.3) is 0 Å². The van der Waals surface area contributed by atoms with E-state index in [0.717, 1.165) is 34.4 Å². The van der Waals surface area contributed by atoms with E-state index in [1.54, 1.807) is 22.7 Å². The van der Waals surface area contributed by atoms with Crippen LogP contribution >= 0.6 is 22.7 Å². The van der Waals surface area contributed by atoms with Gasteiger partial charge in [-0.2, -0.15) is 0 Å². The SMILES string of the molecule is [B]1N(c2nc3ccccc3s2)CCN1c1nc2ccccc2s1. The molecule has 0 saturated carbocycles. The molecular weight excluding hydrogens is 323 g/mol. The van der Waals surface area contributed by atoms with Crippen LogP contribution in [-0.2, 0) is 0 Å². The molecule has 2 aromatic carbocycles. The molecule has 0 N–H and O–H groups in total. The van der Waals surface area contributed by atoms with Gasteiger partial charge in [-0.15, -0.1) is 0 Å². The molecule has 1 saturated heterocycles. The predicted octanol–water partition coefficient (Wildman–Crippen LogP) is 3.77. The minimum Gasteiger partial charge on any atom is -0.373 e. The number of anilines is 2. The van der Waals surface area contributed by atoms with Crippen LogP contribution in [0.4, 0.5) is 10.3 Å². The molecule has 2 aromatic heterocycles. The Labute approximate surface area is 142 Å². The van der Waals surface area contributed by atoms with Crippen LogP contribution in [-0.4, -0.2) is 30.6 Å². The van der Waals surface area contributed by atoms with Crippen LogP contribution < -0.4 is 9.62 Å². The van der Waals surface area contributed by atoms with Gasteiger partial charge in [0.1, 0.15) is 0 Å². The van der Waals surface area contributed by atoms with Crippen LogP contribution in [0.2, 0.25) is 0 Å². The Hall–Kier alpha value is -2.12. The first kappa shape index (κ1) is 13.3. The molecule has 0 aliphatic carbocycles. The number of rotatable bonds is 2. The second-order valence-electron chi connectivity index (χ2n) is 5.43. The summed E-state index contributed by atoms with van der Waals surface area (Å²) in [5.74, 6) is 0. The molecule has 1 radical (unpaired) electrons. The number of thiazole rings is 2. The van der Waals surface area contributed by atoms with Crippen LogP contribution in [0.15, 0.2) is 48.5 Å². The van der Waals surface area contributed by atoms with Crippen molar-refractivity contribution in [3.63, 3.8) is 0 Å². The number of hydrogen-bond acceptors (Lipinski definition) is 6. The third-order valence-corrected chi connectivity index (χ3v) is 6.06. The van der Waals surface area contributed by atoms with Gasteiger partial charge in [-0.05, 0) is 24.3 Å². The second kappa shape index (κ2) is 5.21. The lowest BCUT2D eigenvalue weighted by Gasteiger charge is -2.13. The molecule has 0 amide bonds. The molecule has 111 valence electrons. The largest absolute Gasteiger partial charge is 0.395 e. The third-order valence-electron chi connectivity index (χ3n) is 3.92. The zero-order chi connectivity index (χ0) is 15.2. The van der Waals surface area contributed by atoms with E-state index in [0.29, 0.717) is 0 Å². The number of para-hydroxylation sites is 2. The maximum Gasteiger partial charge on any atom is 0.395 e. The van der Waals surface area contributed by atoms with Crippen molar-refractivity contribution in [3.05, 3.63) is 48.5 Å². The highest BCUT2D eigenvalue weighted by Crippen LogP contribution is 2.33. The van der Waals surface area contributed by atoms with E-state index in [2.05, 4.69) is 53.6 Å². The van der Waals surface area contributed by atoms with Gasteiger partial charge in [-0.25, -0.2) is 9.97 Å². The molecule has 0 atom stereocenters. The molecule has 1 fully saturated rings. The average molecular weight is 335 g/mol. The van der Waals surface area contributed by atoms with Gasteiger partial charge in [0.15, 0.2) is 10.3 Å². The lowest BCUT2D eigenvalue weighted by Crippen LogP contribution is -2.29. The van der Waals surface area contributed by atoms with E-state index in [1.807, 2.05) is 12.1 Å². The maximum absolute atomic E-state index is 4.74. The fourth-order valence-corrected chi connectivity index (χ4v) is 4.68. The first-order valence-electron chi connectivity index (χ1n) is 7.46. The van der Waals surface area contributed by atoms with Crippen molar-refractivity contribution < 1.29 is 0 Å². The Bertz CT molecular complexity index is 850. The standard InChI is InChI=1S/C16H12BN4S2/c1-3-7-13-11(5-1)18-15(22-13)20-9-10-21(17-20)16-19-12-6-2-4-8-14(12)23-16/h1-8H,9-10H2. The van der Waals surface area contributed by atoms with Crippen LogP contribution in [0.1, 0.15) is 0 Å². The number of benzene rings is 2. The maximum atomic E-state index is 4.74. The van der Waals surface area contributed by atoms with Crippen molar-refractivity contribution in [1.82, 2.24) is 9.97 Å². The minimum absolute atomic E-state index is 0.940. The summed E-state index contributed by atoms with van der Waals surface area (Å²) in [6, 6.07) is 16.6. The van der Waals surface area contributed by atoms with E-state index < -0.39 is 0 Å². The predicted molar refractivity (Wildman–Crippen MR) is 99.7 cm³/mol. The van der Waals surface area contributed by atoms with E-state index in [9.17, 15) is 0 Å². The summed E-state index contributed by atoms with van der Waals surface area (Å²) in [7, 11) is 2.13. The Balaban J connectivity index is 1.43. The summed E-state index contributed by atoms with van der Waals surface area (Å²) in [6.07, 6.45) is 0. The second-order valence-corrected chi connectivity index (χ2v) is 7.45. The molecule has 5 rings (SSSR count). The Morgan fingerprint density at radius 1 is 0.739 bits per heavy atom. The van der Waals surface area contributed by atoms with Crippen LogP contribution in [0, 0.1) is 0 Å². The fourth-order valence-electron chi connectivity index (χ4n) is 2.76. The fraction of sp³-hybridized carbons (Fsp3) is 0.125. The highest BCUT2D eigenvalue weighted by molar-refractivity contribution is 7.23. The lowest BCUT2D eigenvalue weighted by molar-refractivity contribution is 1.02. The topological polar surface area (TPSA) is 32.3 Å². The molecule has 4 nitrogen and oxygen atoms in total. The van der Waals surface area contributed by atoms with Crippen molar-refractivity contribution in [2.24, 2.45) is 0 Å². The van der Waals surface area contributed by atoms with Crippen molar-refractivity contribution in [1.29, 1.82) is 0 Å². The Morgan fingerprint density at radius 3 is 1.70 bits per heavy atom. The molecule has 0 unspecified atom stereocenters. The normalized spacial score (nSPS) is 14.8. The number of nitrogens with zero attached hydrogens (tertiary/aromatic N) is 4. The first-order valence-corrected chi connectivity index (χ1v) is 9.09. The quantitative estimate of drug-likeness (QED) is 0.522. The van der Waals surface area contributed by atoms with E-state index >= 15 is 0 Å². The van der Waals surface area contributed by atoms with Crippen LogP contribution in [0.25, 0.3) is 20.4 Å². The van der Waals surface area contributed by atoms with Crippen LogP contribution in [0.3, 0.4) is 0 Å². The van der Waals surface area contributed by atoms with Crippen LogP contribution in [0.5, 0.6) is 0 Å². The van der Waals surface area contributed by atoms with Gasteiger partial charge in [0.05, 0.1) is 20.4 Å². The summed E-state index contributed by atoms with van der Waals surface area (Å²) in [5, 5.41) is 2.10. The summed E-state index contributed by atoms with van der Waals surface area (Å²) in [6.45, 7) is 1.88. The van der Waals surface area contributed by atoms with Gasteiger partial charge < -0.3 is 9.62 Å². The highest BCUT2D eigenvalue weighted by atomic mass is 32.1. The van der Waals surface area contributed by atoms with Gasteiger partial charge in [0, 0.05) is 13.1 Å². The Kier molecular flexibility index (Phi) is 3.02. The molecule has 4 aromatic rings. The molecule has 0 bridgehead atoms. The summed E-state index contributed by atoms with van der Waals surface area (Å²) >= 11 is 3.47. The lowest BCUT2D eigenvalue weighted by atomic mass is 10.1. The summed E-state index contributed by atoms with van der Waals surface area (Å²) in [4.78, 5) is 13.9. The average Bonchev–Trinajstić information content (AvgIpc) is 3.30. The molecule has 1 aliphatic rings. The smallest absolute Gasteiger partial charge is 0.373 e. The van der Waals surface area contributed by atoms with Crippen molar-refractivity contribution in [3.8, 4) is 0 Å². The summed E-state index contributed by atoms with van der Waals surface area (Å²) < 4.78 is 2.46. The van der Waals surface area contributed by atoms with Crippen molar-refractivity contribution in [2.75, 3.05) is 22.7 Å². The zero-order valence-corrected chi connectivity index (χ0v) is 13.8. The Morgan fingerprint density at radius 2 is 1.22 bits per heavy atom. The molecule has 3 heterocycles. The minimum atomic E-state index is 0.940. The molecule has 0 spiro atoms. The number of fused-ring (bicyclic) bond motifs is 2. The van der Waals surface area contributed by atoms with Gasteiger partial charge >= 0.3 is 7.55 Å². The zero-order valence-electron chi connectivity index (χ0n) is 12.2. The first-order chi connectivity index (χ1) is 11.4. The highest BCUT2D eigenvalue weighted by Gasteiger charge is 2.27. The molecular formula is C16H12BN4S2. The van der Waals surface area contributed by atoms with Crippen molar-refractivity contribution >= 4 is 60.9 Å². The monoisotopic (exact) mass is 335 g/mol.